The molecule has 0 saturated carbocycles. The highest BCUT2D eigenvalue weighted by molar-refractivity contribution is 5.97. The quantitative estimate of drug-likeness (QED) is 0.515. The van der Waals surface area contributed by atoms with Gasteiger partial charge < -0.3 is 15.1 Å². The smallest absolute Gasteiger partial charge is 0.258 e. The zero-order chi connectivity index (χ0) is 23.5. The van der Waals surface area contributed by atoms with Gasteiger partial charge in [0.25, 0.3) is 5.91 Å². The molecule has 5 rings (SSSR count). The third-order valence-electron chi connectivity index (χ3n) is 7.11. The number of phenolic OH excluding ortho intramolecular Hbond substituents is 2. The standard InChI is InChI=1S/C29H32N2O3/c32-25-12-13-26(28(33)19-25)29(34)31-16-6-11-27(31)24-10-5-9-23(18-24)22-8-4-7-21(17-22)20-30-14-2-1-3-15-30/h4-5,7-10,12-13,17-19,27,32-33H,1-3,6,11,14-16,20H2. The average Bonchev–Trinajstić information content (AvgIpc) is 3.35. The van der Waals surface area contributed by atoms with Gasteiger partial charge in [0, 0.05) is 19.2 Å². The van der Waals surface area contributed by atoms with Crippen molar-refractivity contribution < 1.29 is 15.0 Å². The molecule has 2 fully saturated rings. The highest BCUT2D eigenvalue weighted by Crippen LogP contribution is 2.36. The molecule has 2 aliphatic rings. The first-order valence-corrected chi connectivity index (χ1v) is 12.3. The molecule has 2 heterocycles. The molecule has 3 aromatic rings. The van der Waals surface area contributed by atoms with E-state index in [0.717, 1.165) is 30.5 Å². The Labute approximate surface area is 201 Å². The Morgan fingerprint density at radius 3 is 2.38 bits per heavy atom. The Morgan fingerprint density at radius 1 is 0.824 bits per heavy atom. The number of hydrogen-bond acceptors (Lipinski definition) is 4. The minimum atomic E-state index is -0.200. The molecule has 0 aromatic heterocycles. The lowest BCUT2D eigenvalue weighted by Gasteiger charge is -2.27. The first-order valence-electron chi connectivity index (χ1n) is 12.3. The minimum absolute atomic E-state index is 0.0304. The van der Waals surface area contributed by atoms with E-state index < -0.39 is 0 Å². The number of phenols is 2. The van der Waals surface area contributed by atoms with E-state index in [-0.39, 0.29) is 29.0 Å². The third-order valence-corrected chi connectivity index (χ3v) is 7.11. The van der Waals surface area contributed by atoms with Gasteiger partial charge in [-0.2, -0.15) is 0 Å². The van der Waals surface area contributed by atoms with Gasteiger partial charge in [0.1, 0.15) is 11.5 Å². The molecule has 5 heteroatoms. The number of benzene rings is 3. The van der Waals surface area contributed by atoms with Gasteiger partial charge in [-0.1, -0.05) is 42.8 Å². The van der Waals surface area contributed by atoms with Crippen LogP contribution in [0.2, 0.25) is 0 Å². The van der Waals surface area contributed by atoms with Crippen molar-refractivity contribution in [2.75, 3.05) is 19.6 Å². The lowest BCUT2D eigenvalue weighted by atomic mass is 9.96. The van der Waals surface area contributed by atoms with Crippen LogP contribution in [0.25, 0.3) is 11.1 Å². The second-order valence-corrected chi connectivity index (χ2v) is 9.52. The summed E-state index contributed by atoms with van der Waals surface area (Å²) < 4.78 is 0. The van der Waals surface area contributed by atoms with Crippen LogP contribution in [0, 0.1) is 0 Å². The molecular weight excluding hydrogens is 424 g/mol. The van der Waals surface area contributed by atoms with E-state index >= 15 is 0 Å². The summed E-state index contributed by atoms with van der Waals surface area (Å²) in [7, 11) is 0. The van der Waals surface area contributed by atoms with Crippen molar-refractivity contribution in [3.8, 4) is 22.6 Å². The van der Waals surface area contributed by atoms with Gasteiger partial charge in [-0.25, -0.2) is 0 Å². The van der Waals surface area contributed by atoms with Crippen molar-refractivity contribution in [3.63, 3.8) is 0 Å². The summed E-state index contributed by atoms with van der Waals surface area (Å²) in [5, 5.41) is 19.8. The third kappa shape index (κ3) is 4.80. The van der Waals surface area contributed by atoms with E-state index in [1.165, 1.54) is 61.7 Å². The number of likely N-dealkylation sites (tertiary alicyclic amines) is 2. The van der Waals surface area contributed by atoms with Crippen LogP contribution in [0.3, 0.4) is 0 Å². The maximum absolute atomic E-state index is 13.2. The van der Waals surface area contributed by atoms with Gasteiger partial charge in [-0.05, 0) is 85.3 Å². The molecule has 2 aliphatic heterocycles. The van der Waals surface area contributed by atoms with Crippen LogP contribution < -0.4 is 0 Å². The largest absolute Gasteiger partial charge is 0.508 e. The highest BCUT2D eigenvalue weighted by atomic mass is 16.3. The Bertz CT molecular complexity index is 1170. The molecule has 1 amide bonds. The minimum Gasteiger partial charge on any atom is -0.508 e. The number of hydrogen-bond donors (Lipinski definition) is 2. The Balaban J connectivity index is 1.37. The van der Waals surface area contributed by atoms with E-state index in [2.05, 4.69) is 53.4 Å². The number of carbonyl (C=O) groups excluding carboxylic acids is 1. The molecule has 0 spiro atoms. The fraction of sp³-hybridized carbons (Fsp3) is 0.345. The number of aromatic hydroxyl groups is 2. The van der Waals surface area contributed by atoms with Crippen LogP contribution in [0.1, 0.15) is 59.6 Å². The van der Waals surface area contributed by atoms with Gasteiger partial charge >= 0.3 is 0 Å². The molecule has 5 nitrogen and oxygen atoms in total. The SMILES string of the molecule is O=C(c1ccc(O)cc1O)N1CCCC1c1cccc(-c2cccc(CN3CCCCC3)c2)c1. The molecule has 0 radical (unpaired) electrons. The molecular formula is C29H32N2O3. The fourth-order valence-corrected chi connectivity index (χ4v) is 5.36. The lowest BCUT2D eigenvalue weighted by molar-refractivity contribution is 0.0732. The van der Waals surface area contributed by atoms with Gasteiger partial charge in [0.15, 0.2) is 0 Å². The van der Waals surface area contributed by atoms with Gasteiger partial charge in [-0.3, -0.25) is 9.69 Å². The summed E-state index contributed by atoms with van der Waals surface area (Å²) in [5.41, 5.74) is 5.03. The first-order chi connectivity index (χ1) is 16.6. The van der Waals surface area contributed by atoms with Crippen molar-refractivity contribution in [3.05, 3.63) is 83.4 Å². The molecule has 34 heavy (non-hydrogen) atoms. The van der Waals surface area contributed by atoms with Crippen LogP contribution >= 0.6 is 0 Å². The van der Waals surface area contributed by atoms with Crippen LogP contribution in [0.5, 0.6) is 11.5 Å². The van der Waals surface area contributed by atoms with E-state index in [1.807, 2.05) is 4.90 Å². The normalized spacial score (nSPS) is 18.8. The molecule has 2 N–H and O–H groups in total. The molecule has 176 valence electrons. The molecule has 0 bridgehead atoms. The predicted octanol–water partition coefficient (Wildman–Crippen LogP) is 5.73. The van der Waals surface area contributed by atoms with E-state index in [1.54, 1.807) is 0 Å². The van der Waals surface area contributed by atoms with Crippen LogP contribution in [-0.2, 0) is 6.54 Å². The summed E-state index contributed by atoms with van der Waals surface area (Å²) in [6.45, 7) is 4.01. The maximum Gasteiger partial charge on any atom is 0.258 e. The lowest BCUT2D eigenvalue weighted by Crippen LogP contribution is -2.30. The summed E-state index contributed by atoms with van der Waals surface area (Å²) in [4.78, 5) is 17.6. The number of nitrogens with zero attached hydrogens (tertiary/aromatic N) is 2. The first kappa shape index (κ1) is 22.5. The second kappa shape index (κ2) is 9.90. The predicted molar refractivity (Wildman–Crippen MR) is 134 cm³/mol. The second-order valence-electron chi connectivity index (χ2n) is 9.52. The number of piperidine rings is 1. The number of carbonyl (C=O) groups is 1. The number of amides is 1. The maximum atomic E-state index is 13.2. The molecule has 1 unspecified atom stereocenters. The number of rotatable bonds is 5. The van der Waals surface area contributed by atoms with Crippen LogP contribution in [0.4, 0.5) is 0 Å². The molecule has 1 atom stereocenters. The van der Waals surface area contributed by atoms with Crippen molar-refractivity contribution in [2.24, 2.45) is 0 Å². The zero-order valence-electron chi connectivity index (χ0n) is 19.5. The van der Waals surface area contributed by atoms with Gasteiger partial charge in [0.05, 0.1) is 11.6 Å². The fourth-order valence-electron chi connectivity index (χ4n) is 5.36. The van der Waals surface area contributed by atoms with Crippen molar-refractivity contribution in [1.29, 1.82) is 0 Å². The van der Waals surface area contributed by atoms with Crippen LogP contribution in [0.15, 0.2) is 66.7 Å². The van der Waals surface area contributed by atoms with Gasteiger partial charge in [0.2, 0.25) is 0 Å². The van der Waals surface area contributed by atoms with E-state index in [9.17, 15) is 15.0 Å². The Kier molecular flexibility index (Phi) is 6.54. The average molecular weight is 457 g/mol. The summed E-state index contributed by atoms with van der Waals surface area (Å²) in [5.74, 6) is -0.439. The monoisotopic (exact) mass is 456 g/mol. The Morgan fingerprint density at radius 2 is 1.59 bits per heavy atom. The van der Waals surface area contributed by atoms with E-state index in [4.69, 9.17) is 0 Å². The summed E-state index contributed by atoms with van der Waals surface area (Å²) in [6.07, 6.45) is 5.74. The molecule has 0 aliphatic carbocycles. The van der Waals surface area contributed by atoms with Crippen LogP contribution in [-0.4, -0.2) is 45.6 Å². The molecule has 3 aromatic carbocycles. The van der Waals surface area contributed by atoms with E-state index in [0.29, 0.717) is 6.54 Å². The summed E-state index contributed by atoms with van der Waals surface area (Å²) in [6, 6.07) is 21.4. The molecule has 2 saturated heterocycles. The van der Waals surface area contributed by atoms with Crippen molar-refractivity contribution in [2.45, 2.75) is 44.7 Å². The highest BCUT2D eigenvalue weighted by Gasteiger charge is 2.32. The zero-order valence-corrected chi connectivity index (χ0v) is 19.5. The van der Waals surface area contributed by atoms with Gasteiger partial charge in [-0.15, -0.1) is 0 Å². The van der Waals surface area contributed by atoms with Crippen molar-refractivity contribution in [1.82, 2.24) is 9.80 Å². The van der Waals surface area contributed by atoms with Crippen molar-refractivity contribution >= 4 is 5.91 Å². The summed E-state index contributed by atoms with van der Waals surface area (Å²) >= 11 is 0. The topological polar surface area (TPSA) is 64.0 Å². The Hall–Kier alpha value is -3.31.